The van der Waals surface area contributed by atoms with Gasteiger partial charge in [-0.25, -0.2) is 0 Å². The van der Waals surface area contributed by atoms with Crippen molar-refractivity contribution in [1.29, 1.82) is 0 Å². The average Bonchev–Trinajstić information content (AvgIpc) is 2.29. The molecular weight excluding hydrogens is 210 g/mol. The van der Waals surface area contributed by atoms with E-state index in [-0.39, 0.29) is 5.54 Å². The Morgan fingerprint density at radius 1 is 1.06 bits per heavy atom. The summed E-state index contributed by atoms with van der Waals surface area (Å²) in [5, 5.41) is 0. The van der Waals surface area contributed by atoms with Gasteiger partial charge in [-0.3, -0.25) is 4.90 Å². The zero-order valence-corrected chi connectivity index (χ0v) is 10.9. The Morgan fingerprint density at radius 3 is 2.18 bits per heavy atom. The van der Waals surface area contributed by atoms with Crippen molar-refractivity contribution in [2.45, 2.75) is 19.4 Å². The van der Waals surface area contributed by atoms with Crippen molar-refractivity contribution in [3.63, 3.8) is 0 Å². The summed E-state index contributed by atoms with van der Waals surface area (Å²) in [5.74, 6) is 0. The van der Waals surface area contributed by atoms with Crippen LogP contribution < -0.4 is 10.6 Å². The second kappa shape index (κ2) is 5.07. The average molecular weight is 233 g/mol. The molecule has 17 heavy (non-hydrogen) atoms. The highest BCUT2D eigenvalue weighted by molar-refractivity contribution is 5.46. The Labute approximate surface area is 104 Å². The number of anilines is 1. The Kier molecular flexibility index (Phi) is 3.69. The van der Waals surface area contributed by atoms with Crippen LogP contribution >= 0.6 is 0 Å². The fourth-order valence-electron chi connectivity index (χ4n) is 2.38. The molecule has 0 aliphatic carbocycles. The van der Waals surface area contributed by atoms with Gasteiger partial charge in [0.1, 0.15) is 0 Å². The van der Waals surface area contributed by atoms with Crippen LogP contribution in [0.4, 0.5) is 5.69 Å². The third-order valence-electron chi connectivity index (χ3n) is 3.12. The number of piperazine rings is 1. The molecule has 2 rings (SSSR count). The molecule has 3 heteroatoms. The van der Waals surface area contributed by atoms with Crippen LogP contribution in [0.2, 0.25) is 0 Å². The van der Waals surface area contributed by atoms with Gasteiger partial charge >= 0.3 is 0 Å². The van der Waals surface area contributed by atoms with Gasteiger partial charge in [-0.2, -0.15) is 0 Å². The van der Waals surface area contributed by atoms with Gasteiger partial charge in [0.05, 0.1) is 0 Å². The van der Waals surface area contributed by atoms with Gasteiger partial charge in [0, 0.05) is 44.0 Å². The normalized spacial score (nSPS) is 18.4. The van der Waals surface area contributed by atoms with E-state index < -0.39 is 0 Å². The highest BCUT2D eigenvalue weighted by atomic mass is 15.3. The largest absolute Gasteiger partial charge is 0.369 e. The predicted octanol–water partition coefficient (Wildman–Crippen LogP) is 1.55. The van der Waals surface area contributed by atoms with E-state index in [1.54, 1.807) is 0 Å². The molecule has 0 amide bonds. The van der Waals surface area contributed by atoms with E-state index in [1.807, 2.05) is 0 Å². The second-order valence-corrected chi connectivity index (χ2v) is 5.59. The van der Waals surface area contributed by atoms with Crippen LogP contribution in [0, 0.1) is 0 Å². The lowest BCUT2D eigenvalue weighted by Crippen LogP contribution is -2.53. The van der Waals surface area contributed by atoms with Crippen molar-refractivity contribution < 1.29 is 0 Å². The summed E-state index contributed by atoms with van der Waals surface area (Å²) in [4.78, 5) is 4.90. The molecule has 1 saturated heterocycles. The van der Waals surface area contributed by atoms with E-state index in [1.165, 1.54) is 5.69 Å². The summed E-state index contributed by atoms with van der Waals surface area (Å²) in [6, 6.07) is 10.6. The summed E-state index contributed by atoms with van der Waals surface area (Å²) in [5.41, 5.74) is 7.30. The molecule has 0 aromatic heterocycles. The van der Waals surface area contributed by atoms with Crippen LogP contribution in [0.25, 0.3) is 0 Å². The van der Waals surface area contributed by atoms with Crippen LogP contribution in [-0.2, 0) is 0 Å². The first-order valence-corrected chi connectivity index (χ1v) is 6.36. The first kappa shape index (κ1) is 12.4. The molecular formula is C14H23N3. The minimum absolute atomic E-state index is 0.0884. The molecule has 94 valence electrons. The molecule has 1 aromatic rings. The Hall–Kier alpha value is -1.06. The fourth-order valence-corrected chi connectivity index (χ4v) is 2.38. The van der Waals surface area contributed by atoms with E-state index in [0.29, 0.717) is 0 Å². The van der Waals surface area contributed by atoms with Crippen molar-refractivity contribution >= 4 is 5.69 Å². The minimum Gasteiger partial charge on any atom is -0.369 e. The standard InChI is InChI=1S/C14H23N3/c1-14(2,15)12-16-8-10-17(11-9-16)13-6-4-3-5-7-13/h3-7H,8-12,15H2,1-2H3. The molecule has 0 atom stereocenters. The lowest BCUT2D eigenvalue weighted by Gasteiger charge is -2.38. The monoisotopic (exact) mass is 233 g/mol. The predicted molar refractivity (Wildman–Crippen MR) is 73.4 cm³/mol. The van der Waals surface area contributed by atoms with Gasteiger partial charge < -0.3 is 10.6 Å². The fraction of sp³-hybridized carbons (Fsp3) is 0.571. The number of benzene rings is 1. The van der Waals surface area contributed by atoms with Crippen molar-refractivity contribution in [2.24, 2.45) is 5.73 Å². The second-order valence-electron chi connectivity index (χ2n) is 5.59. The molecule has 0 radical (unpaired) electrons. The van der Waals surface area contributed by atoms with Gasteiger partial charge in [0.15, 0.2) is 0 Å². The maximum Gasteiger partial charge on any atom is 0.0367 e. The molecule has 1 aliphatic rings. The number of nitrogens with two attached hydrogens (primary N) is 1. The number of para-hydroxylation sites is 1. The quantitative estimate of drug-likeness (QED) is 0.859. The maximum absolute atomic E-state index is 6.06. The summed E-state index contributed by atoms with van der Waals surface area (Å²) in [6.07, 6.45) is 0. The van der Waals surface area contributed by atoms with E-state index in [4.69, 9.17) is 5.73 Å². The zero-order chi connectivity index (χ0) is 12.3. The summed E-state index contributed by atoms with van der Waals surface area (Å²) < 4.78 is 0. The van der Waals surface area contributed by atoms with Crippen LogP contribution in [0.5, 0.6) is 0 Å². The van der Waals surface area contributed by atoms with Crippen molar-refractivity contribution in [2.75, 3.05) is 37.6 Å². The van der Waals surface area contributed by atoms with Crippen LogP contribution in [0.15, 0.2) is 30.3 Å². The molecule has 1 aromatic carbocycles. The highest BCUT2D eigenvalue weighted by Crippen LogP contribution is 2.16. The molecule has 1 fully saturated rings. The molecule has 2 N–H and O–H groups in total. The van der Waals surface area contributed by atoms with Gasteiger partial charge in [0.25, 0.3) is 0 Å². The Morgan fingerprint density at radius 2 is 1.65 bits per heavy atom. The first-order valence-electron chi connectivity index (χ1n) is 6.36. The zero-order valence-electron chi connectivity index (χ0n) is 10.9. The molecule has 3 nitrogen and oxygen atoms in total. The maximum atomic E-state index is 6.06. The number of rotatable bonds is 3. The summed E-state index contributed by atoms with van der Waals surface area (Å²) >= 11 is 0. The first-order chi connectivity index (χ1) is 8.04. The molecule has 0 saturated carbocycles. The minimum atomic E-state index is -0.0884. The third-order valence-corrected chi connectivity index (χ3v) is 3.12. The topological polar surface area (TPSA) is 32.5 Å². The van der Waals surface area contributed by atoms with Gasteiger partial charge in [0.2, 0.25) is 0 Å². The number of hydrogen-bond acceptors (Lipinski definition) is 3. The van der Waals surface area contributed by atoms with Gasteiger partial charge in [-0.05, 0) is 26.0 Å². The van der Waals surface area contributed by atoms with E-state index in [9.17, 15) is 0 Å². The summed E-state index contributed by atoms with van der Waals surface area (Å²) in [7, 11) is 0. The smallest absolute Gasteiger partial charge is 0.0367 e. The summed E-state index contributed by atoms with van der Waals surface area (Å²) in [6.45, 7) is 9.58. The Bertz CT molecular complexity index is 334. The lowest BCUT2D eigenvalue weighted by molar-refractivity contribution is 0.214. The molecule has 1 aliphatic heterocycles. The Balaban J connectivity index is 1.86. The van der Waals surface area contributed by atoms with Crippen LogP contribution in [-0.4, -0.2) is 43.2 Å². The molecule has 0 spiro atoms. The van der Waals surface area contributed by atoms with Gasteiger partial charge in [-0.15, -0.1) is 0 Å². The van der Waals surface area contributed by atoms with E-state index in [0.717, 1.165) is 32.7 Å². The van der Waals surface area contributed by atoms with E-state index in [2.05, 4.69) is 54.0 Å². The van der Waals surface area contributed by atoms with E-state index >= 15 is 0 Å². The third kappa shape index (κ3) is 3.72. The number of nitrogens with zero attached hydrogens (tertiary/aromatic N) is 2. The lowest BCUT2D eigenvalue weighted by atomic mass is 10.1. The molecule has 0 unspecified atom stereocenters. The van der Waals surface area contributed by atoms with Crippen molar-refractivity contribution in [3.8, 4) is 0 Å². The molecule has 0 bridgehead atoms. The van der Waals surface area contributed by atoms with Crippen molar-refractivity contribution in [1.82, 2.24) is 4.90 Å². The number of hydrogen-bond donors (Lipinski definition) is 1. The highest BCUT2D eigenvalue weighted by Gasteiger charge is 2.21. The SMILES string of the molecule is CC(C)(N)CN1CCN(c2ccccc2)CC1. The van der Waals surface area contributed by atoms with Gasteiger partial charge in [-0.1, -0.05) is 18.2 Å². The van der Waals surface area contributed by atoms with Crippen molar-refractivity contribution in [3.05, 3.63) is 30.3 Å². The van der Waals surface area contributed by atoms with Crippen LogP contribution in [0.1, 0.15) is 13.8 Å². The molecule has 1 heterocycles. The van der Waals surface area contributed by atoms with Crippen LogP contribution in [0.3, 0.4) is 0 Å².